The maximum Gasteiger partial charge on any atom is 0.0651 e. The largest absolute Gasteiger partial charge is 0.396 e. The van der Waals surface area contributed by atoms with Crippen molar-refractivity contribution in [2.75, 3.05) is 19.8 Å². The summed E-state index contributed by atoms with van der Waals surface area (Å²) in [4.78, 5) is 0. The Hall–Kier alpha value is -1.16. The van der Waals surface area contributed by atoms with Crippen molar-refractivity contribution in [2.45, 2.75) is 76.7 Å². The van der Waals surface area contributed by atoms with Gasteiger partial charge in [-0.2, -0.15) is 0 Å². The Kier molecular flexibility index (Phi) is 9.98. The third kappa shape index (κ3) is 6.86. The fourth-order valence-corrected chi connectivity index (χ4v) is 3.76. The molecule has 0 aromatic heterocycles. The molecule has 3 nitrogen and oxygen atoms in total. The van der Waals surface area contributed by atoms with Crippen LogP contribution >= 0.6 is 0 Å². The van der Waals surface area contributed by atoms with Crippen molar-refractivity contribution in [1.82, 2.24) is 0 Å². The third-order valence-electron chi connectivity index (χ3n) is 5.45. The Morgan fingerprint density at radius 1 is 1.23 bits per heavy atom. The lowest BCUT2D eigenvalue weighted by molar-refractivity contribution is 0.0641. The van der Waals surface area contributed by atoms with Crippen LogP contribution in [0.3, 0.4) is 0 Å². The van der Waals surface area contributed by atoms with Crippen LogP contribution in [0.5, 0.6) is 0 Å². The second-order valence-electron chi connectivity index (χ2n) is 7.49. The molecule has 2 atom stereocenters. The van der Waals surface area contributed by atoms with Crippen molar-refractivity contribution in [3.8, 4) is 0 Å². The van der Waals surface area contributed by atoms with Gasteiger partial charge in [0, 0.05) is 6.61 Å². The molecule has 2 rings (SSSR count). The molecule has 0 unspecified atom stereocenters. The van der Waals surface area contributed by atoms with Gasteiger partial charge >= 0.3 is 0 Å². The SMILES string of the molecule is CCCC/C=C\CO[C@H]1CCc2cc([C@H](CN)CCCCO)ccc2C1. The molecule has 146 valence electrons. The summed E-state index contributed by atoms with van der Waals surface area (Å²) in [5.74, 6) is 0.411. The standard InChI is InChI=1S/C23H37NO2/c1-2-3-4-5-8-15-26-23-13-12-19-16-20(10-11-21(19)17-23)22(18-24)9-6-7-14-25/h5,8,10-11,16,22-23,25H,2-4,6-7,9,12-15,17-18,24H2,1H3/b8-5-/t22-,23-/m0/s1. The van der Waals surface area contributed by atoms with Crippen molar-refractivity contribution in [3.63, 3.8) is 0 Å². The molecule has 0 fully saturated rings. The average Bonchev–Trinajstić information content (AvgIpc) is 2.67. The molecule has 3 N–H and O–H groups in total. The fraction of sp³-hybridized carbons (Fsp3) is 0.652. The van der Waals surface area contributed by atoms with Crippen molar-refractivity contribution >= 4 is 0 Å². The molecule has 0 saturated heterocycles. The number of fused-ring (bicyclic) bond motifs is 1. The number of aliphatic hydroxyl groups is 1. The number of aryl methyl sites for hydroxylation is 1. The second-order valence-corrected chi connectivity index (χ2v) is 7.49. The van der Waals surface area contributed by atoms with E-state index >= 15 is 0 Å². The minimum Gasteiger partial charge on any atom is -0.396 e. The summed E-state index contributed by atoms with van der Waals surface area (Å²) >= 11 is 0. The number of ether oxygens (including phenoxy) is 1. The summed E-state index contributed by atoms with van der Waals surface area (Å²) in [6.07, 6.45) is 14.6. The van der Waals surface area contributed by atoms with Crippen LogP contribution in [0.2, 0.25) is 0 Å². The fourth-order valence-electron chi connectivity index (χ4n) is 3.76. The first-order valence-electron chi connectivity index (χ1n) is 10.5. The van der Waals surface area contributed by atoms with Gasteiger partial charge in [0.15, 0.2) is 0 Å². The lowest BCUT2D eigenvalue weighted by atomic mass is 9.85. The molecule has 3 heteroatoms. The van der Waals surface area contributed by atoms with Crippen LogP contribution in [-0.2, 0) is 17.6 Å². The predicted octanol–water partition coefficient (Wildman–Crippen LogP) is 4.51. The second kappa shape index (κ2) is 12.3. The molecule has 1 aliphatic rings. The molecule has 1 aromatic rings. The smallest absolute Gasteiger partial charge is 0.0651 e. The first-order valence-corrected chi connectivity index (χ1v) is 10.5. The Labute approximate surface area is 159 Å². The molecule has 26 heavy (non-hydrogen) atoms. The van der Waals surface area contributed by atoms with E-state index in [0.717, 1.165) is 51.6 Å². The molecule has 1 aliphatic carbocycles. The van der Waals surface area contributed by atoms with Crippen molar-refractivity contribution in [1.29, 1.82) is 0 Å². The Bertz CT molecular complexity index is 541. The number of benzene rings is 1. The number of hydrogen-bond acceptors (Lipinski definition) is 3. The topological polar surface area (TPSA) is 55.5 Å². The normalized spacial score (nSPS) is 18.2. The van der Waals surface area contributed by atoms with Crippen LogP contribution in [0, 0.1) is 0 Å². The molecule has 0 radical (unpaired) electrons. The zero-order valence-corrected chi connectivity index (χ0v) is 16.5. The Balaban J connectivity index is 1.85. The van der Waals surface area contributed by atoms with Crippen LogP contribution in [0.4, 0.5) is 0 Å². The highest BCUT2D eigenvalue weighted by Crippen LogP contribution is 2.28. The number of allylic oxidation sites excluding steroid dienone is 1. The molecule has 1 aromatic carbocycles. The van der Waals surface area contributed by atoms with E-state index in [4.69, 9.17) is 15.6 Å². The highest BCUT2D eigenvalue weighted by molar-refractivity contribution is 5.36. The van der Waals surface area contributed by atoms with E-state index in [2.05, 4.69) is 37.3 Å². The van der Waals surface area contributed by atoms with Crippen LogP contribution in [-0.4, -0.2) is 31.0 Å². The van der Waals surface area contributed by atoms with Gasteiger partial charge in [-0.15, -0.1) is 0 Å². The Morgan fingerprint density at radius 2 is 2.12 bits per heavy atom. The first-order chi connectivity index (χ1) is 12.8. The van der Waals surface area contributed by atoms with E-state index in [9.17, 15) is 0 Å². The predicted molar refractivity (Wildman–Crippen MR) is 110 cm³/mol. The van der Waals surface area contributed by atoms with E-state index in [-0.39, 0.29) is 6.61 Å². The molecule has 0 amide bonds. The van der Waals surface area contributed by atoms with Crippen LogP contribution in [0.15, 0.2) is 30.4 Å². The van der Waals surface area contributed by atoms with Crippen LogP contribution in [0.1, 0.15) is 74.5 Å². The van der Waals surface area contributed by atoms with E-state index in [1.807, 2.05) is 0 Å². The minimum absolute atomic E-state index is 0.274. The number of rotatable bonds is 12. The molecule has 0 heterocycles. The summed E-state index contributed by atoms with van der Waals surface area (Å²) in [7, 11) is 0. The van der Waals surface area contributed by atoms with Crippen LogP contribution in [0.25, 0.3) is 0 Å². The number of nitrogens with two attached hydrogens (primary N) is 1. The number of unbranched alkanes of at least 4 members (excludes halogenated alkanes) is 3. The van der Waals surface area contributed by atoms with E-state index in [0.29, 0.717) is 18.6 Å². The maximum absolute atomic E-state index is 8.97. The van der Waals surface area contributed by atoms with Crippen LogP contribution < -0.4 is 5.73 Å². The van der Waals surface area contributed by atoms with Gasteiger partial charge in [-0.1, -0.05) is 56.5 Å². The van der Waals surface area contributed by atoms with Gasteiger partial charge in [0.05, 0.1) is 12.7 Å². The van der Waals surface area contributed by atoms with Crippen molar-refractivity contribution < 1.29 is 9.84 Å². The summed E-state index contributed by atoms with van der Waals surface area (Å²) in [5.41, 5.74) is 10.3. The lowest BCUT2D eigenvalue weighted by Gasteiger charge is -2.26. The van der Waals surface area contributed by atoms with Gasteiger partial charge < -0.3 is 15.6 Å². The maximum atomic E-state index is 8.97. The molecular formula is C23H37NO2. The molecule has 0 bridgehead atoms. The molecule has 0 saturated carbocycles. The number of hydrogen-bond donors (Lipinski definition) is 2. The average molecular weight is 360 g/mol. The quantitative estimate of drug-likeness (QED) is 0.426. The minimum atomic E-state index is 0.274. The van der Waals surface area contributed by atoms with Crippen molar-refractivity contribution in [3.05, 3.63) is 47.0 Å². The summed E-state index contributed by atoms with van der Waals surface area (Å²) in [6, 6.07) is 6.90. The zero-order chi connectivity index (χ0) is 18.6. The van der Waals surface area contributed by atoms with Gasteiger partial charge in [-0.25, -0.2) is 0 Å². The summed E-state index contributed by atoms with van der Waals surface area (Å²) < 4.78 is 6.05. The molecule has 0 aliphatic heterocycles. The van der Waals surface area contributed by atoms with E-state index in [1.165, 1.54) is 29.5 Å². The zero-order valence-electron chi connectivity index (χ0n) is 16.5. The summed E-state index contributed by atoms with van der Waals surface area (Å²) in [6.45, 7) is 3.92. The van der Waals surface area contributed by atoms with E-state index < -0.39 is 0 Å². The highest BCUT2D eigenvalue weighted by Gasteiger charge is 2.20. The monoisotopic (exact) mass is 359 g/mol. The molecular weight excluding hydrogens is 322 g/mol. The highest BCUT2D eigenvalue weighted by atomic mass is 16.5. The molecule has 0 spiro atoms. The number of aliphatic hydroxyl groups excluding tert-OH is 1. The third-order valence-corrected chi connectivity index (χ3v) is 5.45. The lowest BCUT2D eigenvalue weighted by Crippen LogP contribution is -2.23. The van der Waals surface area contributed by atoms with E-state index in [1.54, 1.807) is 0 Å². The van der Waals surface area contributed by atoms with Gasteiger partial charge in [0.2, 0.25) is 0 Å². The Morgan fingerprint density at radius 3 is 2.88 bits per heavy atom. The van der Waals surface area contributed by atoms with Gasteiger partial charge in [0.25, 0.3) is 0 Å². The van der Waals surface area contributed by atoms with Gasteiger partial charge in [0.1, 0.15) is 0 Å². The summed E-state index contributed by atoms with van der Waals surface area (Å²) in [5, 5.41) is 8.97. The van der Waals surface area contributed by atoms with Crippen molar-refractivity contribution in [2.24, 2.45) is 5.73 Å². The van der Waals surface area contributed by atoms with Gasteiger partial charge in [-0.05, 0) is 67.7 Å². The first kappa shape index (κ1) is 21.1. The van der Waals surface area contributed by atoms with Gasteiger partial charge in [-0.3, -0.25) is 0 Å².